The van der Waals surface area contributed by atoms with Gasteiger partial charge in [-0.1, -0.05) is 170 Å². The van der Waals surface area contributed by atoms with Gasteiger partial charge in [-0.15, -0.1) is 0 Å². The Bertz CT molecular complexity index is 2940. The molecular weight excluding hydrogens is 730 g/mol. The predicted molar refractivity (Wildman–Crippen MR) is 252 cm³/mol. The number of fused-ring (bicyclic) bond motifs is 6. The fraction of sp³-hybridized carbons (Fsp3) is 0. The van der Waals surface area contributed by atoms with Crippen molar-refractivity contribution >= 4 is 103 Å². The summed E-state index contributed by atoms with van der Waals surface area (Å²) in [5.41, 5.74) is 14.7. The summed E-state index contributed by atoms with van der Waals surface area (Å²) in [6, 6.07) is 85.7. The zero-order valence-corrected chi connectivity index (χ0v) is 33.4. The van der Waals surface area contributed by atoms with Crippen LogP contribution in [-0.4, -0.2) is 14.8 Å². The minimum absolute atomic E-state index is 0.0156. The predicted octanol–water partition coefficient (Wildman–Crippen LogP) is 8.93. The molecule has 3 aliphatic rings. The summed E-state index contributed by atoms with van der Waals surface area (Å²) in [5.74, 6) is 0. The van der Waals surface area contributed by atoms with E-state index < -0.39 is 8.07 Å². The third-order valence-electron chi connectivity index (χ3n) is 12.7. The SMILES string of the molecule is c1ccc(N(c2ccccc2)c2cc3c4c(c2)N2c5ccccc5[Si](c5ccccc5)(c5ccccc5)c5cccc(c52)B4c2ccccc2N3c2ccccc2)cc1. The quantitative estimate of drug-likeness (QED) is 0.157. The van der Waals surface area contributed by atoms with E-state index in [1.165, 1.54) is 65.6 Å². The van der Waals surface area contributed by atoms with Gasteiger partial charge in [0.1, 0.15) is 0 Å². The number of benzene rings is 9. The highest BCUT2D eigenvalue weighted by Crippen LogP contribution is 2.48. The standard InChI is InChI=1S/C54H38BN3Si/c1-6-21-39(22-7-1)56(40-23-8-2-9-24-40)42-37-49-53-50(38-42)58-48-34-18-19-35-51(48)59(43-27-12-4-13-28-43,44-29-14-5-15-30-44)52-36-20-32-46(54(52)58)55(53)45-31-16-17-33-47(45)57(49)41-25-10-3-11-26-41/h1-38H. The fourth-order valence-corrected chi connectivity index (χ4v) is 15.6. The molecule has 12 rings (SSSR count). The molecule has 3 nitrogen and oxygen atoms in total. The Morgan fingerprint density at radius 3 is 1.46 bits per heavy atom. The number of hydrogen-bond donors (Lipinski definition) is 0. The van der Waals surface area contributed by atoms with E-state index in [1.54, 1.807) is 0 Å². The average molecular weight is 768 g/mol. The Balaban J connectivity index is 1.24. The van der Waals surface area contributed by atoms with Gasteiger partial charge in [0.2, 0.25) is 0 Å². The van der Waals surface area contributed by atoms with Gasteiger partial charge in [-0.3, -0.25) is 0 Å². The molecule has 0 unspecified atom stereocenters. The molecule has 0 atom stereocenters. The maximum absolute atomic E-state index is 2.85. The molecule has 3 aliphatic heterocycles. The molecule has 0 saturated heterocycles. The van der Waals surface area contributed by atoms with Crippen molar-refractivity contribution in [2.75, 3.05) is 14.7 Å². The van der Waals surface area contributed by atoms with E-state index >= 15 is 0 Å². The summed E-state index contributed by atoms with van der Waals surface area (Å²) in [5, 5.41) is 5.62. The number of nitrogens with zero attached hydrogens (tertiary/aromatic N) is 3. The van der Waals surface area contributed by atoms with Crippen molar-refractivity contribution in [3.63, 3.8) is 0 Å². The number of anilines is 9. The summed E-state index contributed by atoms with van der Waals surface area (Å²) in [7, 11) is -2.85. The second-order valence-corrected chi connectivity index (χ2v) is 19.4. The molecule has 3 heterocycles. The van der Waals surface area contributed by atoms with E-state index in [1.807, 2.05) is 0 Å². The fourth-order valence-electron chi connectivity index (χ4n) is 10.4. The van der Waals surface area contributed by atoms with Crippen molar-refractivity contribution in [2.45, 2.75) is 0 Å². The van der Waals surface area contributed by atoms with Crippen LogP contribution in [0.2, 0.25) is 0 Å². The molecule has 0 spiro atoms. The number of para-hydroxylation sites is 6. The van der Waals surface area contributed by atoms with Gasteiger partial charge in [-0.25, -0.2) is 0 Å². The molecule has 0 fully saturated rings. The van der Waals surface area contributed by atoms with Gasteiger partial charge in [0.15, 0.2) is 8.07 Å². The van der Waals surface area contributed by atoms with E-state index in [9.17, 15) is 0 Å². The normalized spacial score (nSPS) is 13.8. The first-order valence-corrected chi connectivity index (χ1v) is 22.5. The molecule has 0 amide bonds. The number of rotatable bonds is 6. The maximum Gasteiger partial charge on any atom is 0.252 e. The van der Waals surface area contributed by atoms with Crippen LogP contribution in [-0.2, 0) is 0 Å². The summed E-state index contributed by atoms with van der Waals surface area (Å²) in [6.07, 6.45) is 0. The summed E-state index contributed by atoms with van der Waals surface area (Å²) >= 11 is 0. The van der Waals surface area contributed by atoms with Crippen LogP contribution < -0.4 is 51.8 Å². The highest BCUT2D eigenvalue weighted by Gasteiger charge is 2.53. The molecule has 0 radical (unpaired) electrons. The Hall–Kier alpha value is -7.34. The van der Waals surface area contributed by atoms with E-state index in [-0.39, 0.29) is 6.71 Å². The van der Waals surface area contributed by atoms with Crippen LogP contribution in [0, 0.1) is 0 Å². The van der Waals surface area contributed by atoms with E-state index in [0.29, 0.717) is 0 Å². The molecule has 0 aromatic heterocycles. The van der Waals surface area contributed by atoms with Crippen LogP contribution in [0.15, 0.2) is 231 Å². The Labute approximate surface area is 346 Å². The van der Waals surface area contributed by atoms with E-state index in [0.717, 1.165) is 22.7 Å². The first kappa shape index (κ1) is 33.8. The third-order valence-corrected chi connectivity index (χ3v) is 17.5. The largest absolute Gasteiger partial charge is 0.312 e. The van der Waals surface area contributed by atoms with Gasteiger partial charge in [0.25, 0.3) is 6.71 Å². The molecule has 0 aliphatic carbocycles. The average Bonchev–Trinajstić information content (AvgIpc) is 3.31. The topological polar surface area (TPSA) is 9.72 Å². The molecular formula is C54H38BN3Si. The molecule has 0 bridgehead atoms. The molecule has 9 aromatic carbocycles. The first-order valence-electron chi connectivity index (χ1n) is 20.5. The van der Waals surface area contributed by atoms with Gasteiger partial charge in [-0.2, -0.15) is 0 Å². The summed E-state index contributed by atoms with van der Waals surface area (Å²) in [4.78, 5) is 7.56. The zero-order chi connectivity index (χ0) is 38.9. The van der Waals surface area contributed by atoms with Gasteiger partial charge in [-0.05, 0) is 97.8 Å². The van der Waals surface area contributed by atoms with Crippen molar-refractivity contribution in [1.29, 1.82) is 0 Å². The van der Waals surface area contributed by atoms with Crippen LogP contribution >= 0.6 is 0 Å². The highest BCUT2D eigenvalue weighted by molar-refractivity contribution is 7.22. The molecule has 276 valence electrons. The van der Waals surface area contributed by atoms with Crippen LogP contribution in [0.5, 0.6) is 0 Å². The highest BCUT2D eigenvalue weighted by atomic mass is 28.3. The van der Waals surface area contributed by atoms with Crippen LogP contribution in [0.3, 0.4) is 0 Å². The first-order chi connectivity index (χ1) is 29.3. The second kappa shape index (κ2) is 13.4. The Morgan fingerprint density at radius 2 is 0.831 bits per heavy atom. The van der Waals surface area contributed by atoms with Crippen molar-refractivity contribution in [1.82, 2.24) is 0 Å². The third kappa shape index (κ3) is 4.89. The molecule has 9 aromatic rings. The lowest BCUT2D eigenvalue weighted by molar-refractivity contribution is 1.23. The van der Waals surface area contributed by atoms with Crippen molar-refractivity contribution in [3.05, 3.63) is 231 Å². The molecule has 0 N–H and O–H groups in total. The second-order valence-electron chi connectivity index (χ2n) is 15.6. The van der Waals surface area contributed by atoms with Gasteiger partial charge in [0, 0.05) is 45.5 Å². The van der Waals surface area contributed by atoms with Crippen LogP contribution in [0.25, 0.3) is 0 Å². The van der Waals surface area contributed by atoms with Crippen molar-refractivity contribution < 1.29 is 0 Å². The van der Waals surface area contributed by atoms with Crippen molar-refractivity contribution in [3.8, 4) is 0 Å². The van der Waals surface area contributed by atoms with E-state index in [4.69, 9.17) is 0 Å². The van der Waals surface area contributed by atoms with Gasteiger partial charge in [0.05, 0.1) is 5.69 Å². The lowest BCUT2D eigenvalue weighted by atomic mass is 9.33. The zero-order valence-electron chi connectivity index (χ0n) is 32.4. The van der Waals surface area contributed by atoms with Crippen LogP contribution in [0.1, 0.15) is 0 Å². The minimum atomic E-state index is -2.85. The van der Waals surface area contributed by atoms with E-state index in [2.05, 4.69) is 245 Å². The van der Waals surface area contributed by atoms with Gasteiger partial charge < -0.3 is 14.7 Å². The van der Waals surface area contributed by atoms with Crippen molar-refractivity contribution in [2.24, 2.45) is 0 Å². The molecule has 0 saturated carbocycles. The maximum atomic E-state index is 2.64. The summed E-state index contributed by atoms with van der Waals surface area (Å²) < 4.78 is 0. The molecule has 5 heteroatoms. The smallest absolute Gasteiger partial charge is 0.252 e. The monoisotopic (exact) mass is 767 g/mol. The summed E-state index contributed by atoms with van der Waals surface area (Å²) in [6.45, 7) is 0.0156. The molecule has 59 heavy (non-hydrogen) atoms. The van der Waals surface area contributed by atoms with Gasteiger partial charge >= 0.3 is 0 Å². The Morgan fingerprint density at radius 1 is 0.356 bits per heavy atom. The number of hydrogen-bond acceptors (Lipinski definition) is 3. The van der Waals surface area contributed by atoms with Crippen LogP contribution in [0.4, 0.5) is 51.2 Å². The lowest BCUT2D eigenvalue weighted by Crippen LogP contribution is -2.79. The minimum Gasteiger partial charge on any atom is -0.312 e. The lowest BCUT2D eigenvalue weighted by Gasteiger charge is -2.51. The Kier molecular flexibility index (Phi) is 7.65.